The van der Waals surface area contributed by atoms with Gasteiger partial charge in [0, 0.05) is 11.1 Å². The zero-order valence-corrected chi connectivity index (χ0v) is 19.6. The topological polar surface area (TPSA) is 100 Å². The van der Waals surface area contributed by atoms with Gasteiger partial charge in [-0.1, -0.05) is 68.8 Å². The van der Waals surface area contributed by atoms with E-state index in [9.17, 15) is 14.4 Å². The molecule has 3 N–H and O–H groups in total. The molecule has 0 aliphatic heterocycles. The summed E-state index contributed by atoms with van der Waals surface area (Å²) in [6.45, 7) is 3.88. The zero-order chi connectivity index (χ0) is 24.8. The number of nitrogens with one attached hydrogen (secondary N) is 3. The van der Waals surface area contributed by atoms with E-state index in [1.165, 1.54) is 12.3 Å². The van der Waals surface area contributed by atoms with Crippen LogP contribution in [-0.4, -0.2) is 23.8 Å². The minimum atomic E-state index is -0.778. The molecule has 0 saturated heterocycles. The van der Waals surface area contributed by atoms with Gasteiger partial charge in [-0.05, 0) is 41.6 Å². The van der Waals surface area contributed by atoms with Crippen molar-refractivity contribution in [2.45, 2.75) is 26.3 Å². The molecule has 0 aliphatic carbocycles. The van der Waals surface area contributed by atoms with Gasteiger partial charge < -0.3 is 20.4 Å². The molecule has 4 aromatic rings. The maximum absolute atomic E-state index is 13.3. The number of hydrogen-bond acceptors (Lipinski definition) is 4. The molecule has 7 heteroatoms. The van der Waals surface area contributed by atoms with Gasteiger partial charge in [0.2, 0.25) is 5.91 Å². The fraction of sp³-hybridized carbons (Fsp3) is 0.179. The van der Waals surface area contributed by atoms with Crippen LogP contribution in [-0.2, 0) is 4.79 Å². The number of amides is 3. The van der Waals surface area contributed by atoms with Crippen LogP contribution in [0.25, 0.3) is 10.8 Å². The van der Waals surface area contributed by atoms with Gasteiger partial charge in [0.25, 0.3) is 11.8 Å². The predicted octanol–water partition coefficient (Wildman–Crippen LogP) is 5.47. The Morgan fingerprint density at radius 2 is 1.51 bits per heavy atom. The summed E-state index contributed by atoms with van der Waals surface area (Å²) >= 11 is 0. The highest BCUT2D eigenvalue weighted by Gasteiger charge is 2.28. The molecule has 178 valence electrons. The molecule has 3 aromatic carbocycles. The van der Waals surface area contributed by atoms with Gasteiger partial charge in [-0.3, -0.25) is 14.4 Å². The van der Waals surface area contributed by atoms with Gasteiger partial charge in [0.15, 0.2) is 5.76 Å². The predicted molar refractivity (Wildman–Crippen MR) is 136 cm³/mol. The van der Waals surface area contributed by atoms with Crippen molar-refractivity contribution in [1.29, 1.82) is 0 Å². The quantitative estimate of drug-likeness (QED) is 0.319. The molecule has 1 aromatic heterocycles. The van der Waals surface area contributed by atoms with Gasteiger partial charge in [-0.2, -0.15) is 0 Å². The Morgan fingerprint density at radius 3 is 2.29 bits per heavy atom. The molecular weight excluding hydrogens is 442 g/mol. The number of hydrogen-bond donors (Lipinski definition) is 3. The van der Waals surface area contributed by atoms with Gasteiger partial charge in [-0.25, -0.2) is 0 Å². The molecule has 3 amide bonds. The van der Waals surface area contributed by atoms with E-state index in [2.05, 4.69) is 16.0 Å². The molecule has 1 heterocycles. The first-order chi connectivity index (χ1) is 17.0. The van der Waals surface area contributed by atoms with Crippen molar-refractivity contribution >= 4 is 39.9 Å². The largest absolute Gasteiger partial charge is 0.459 e. The zero-order valence-electron chi connectivity index (χ0n) is 19.6. The average Bonchev–Trinajstić information content (AvgIpc) is 3.42. The number of anilines is 2. The fourth-order valence-electron chi connectivity index (χ4n) is 3.85. The number of carbonyl (C=O) groups excluding carboxylic acids is 3. The van der Waals surface area contributed by atoms with Gasteiger partial charge in [0.1, 0.15) is 6.04 Å². The van der Waals surface area contributed by atoms with Crippen LogP contribution in [0.2, 0.25) is 0 Å². The summed E-state index contributed by atoms with van der Waals surface area (Å²) in [6.07, 6.45) is 2.09. The van der Waals surface area contributed by atoms with Gasteiger partial charge in [0.05, 0.1) is 17.5 Å². The molecule has 0 spiro atoms. The fourth-order valence-corrected chi connectivity index (χ4v) is 3.85. The molecule has 0 fully saturated rings. The monoisotopic (exact) mass is 469 g/mol. The van der Waals surface area contributed by atoms with Crippen LogP contribution in [0, 0.1) is 5.92 Å². The molecule has 0 saturated carbocycles. The Balaban J connectivity index is 1.55. The number of fused-ring (bicyclic) bond motifs is 1. The standard InChI is InChI=1S/C28H27N3O4/c1-3-18(2)25(28(34)30-22-15-8-11-19-10-4-5-12-20(19)22)31-26(32)21-13-6-7-14-23(21)29-27(33)24-16-9-17-35-24/h4-18,25H,3H2,1-2H3,(H,29,33)(H,30,34)(H,31,32). The maximum atomic E-state index is 13.3. The highest BCUT2D eigenvalue weighted by molar-refractivity contribution is 6.10. The third-order valence-corrected chi connectivity index (χ3v) is 5.99. The summed E-state index contributed by atoms with van der Waals surface area (Å²) in [5.74, 6) is -1.23. The lowest BCUT2D eigenvalue weighted by Gasteiger charge is -2.24. The number of rotatable bonds is 8. The third-order valence-electron chi connectivity index (χ3n) is 5.99. The number of carbonyl (C=O) groups is 3. The van der Waals surface area contributed by atoms with Crippen LogP contribution in [0.4, 0.5) is 11.4 Å². The second-order valence-electron chi connectivity index (χ2n) is 8.33. The van der Waals surface area contributed by atoms with Crippen LogP contribution in [0.15, 0.2) is 89.5 Å². The lowest BCUT2D eigenvalue weighted by molar-refractivity contribution is -0.119. The number of benzene rings is 3. The second kappa shape index (κ2) is 10.7. The van der Waals surface area contributed by atoms with E-state index in [0.29, 0.717) is 17.8 Å². The van der Waals surface area contributed by atoms with Crippen LogP contribution in [0.3, 0.4) is 0 Å². The lowest BCUT2D eigenvalue weighted by atomic mass is 9.97. The minimum Gasteiger partial charge on any atom is -0.459 e. The first-order valence-corrected chi connectivity index (χ1v) is 11.5. The summed E-state index contributed by atoms with van der Waals surface area (Å²) in [5.41, 5.74) is 1.25. The summed E-state index contributed by atoms with van der Waals surface area (Å²) in [6, 6.07) is 22.5. The normalized spacial score (nSPS) is 12.5. The molecule has 35 heavy (non-hydrogen) atoms. The van der Waals surface area contributed by atoms with Crippen molar-refractivity contribution in [3.63, 3.8) is 0 Å². The lowest BCUT2D eigenvalue weighted by Crippen LogP contribution is -2.47. The van der Waals surface area contributed by atoms with E-state index in [4.69, 9.17) is 4.42 Å². The van der Waals surface area contributed by atoms with Crippen molar-refractivity contribution in [3.05, 3.63) is 96.4 Å². The average molecular weight is 470 g/mol. The Kier molecular flexibility index (Phi) is 7.26. The number of furan rings is 1. The van der Waals surface area contributed by atoms with E-state index in [-0.39, 0.29) is 23.1 Å². The third kappa shape index (κ3) is 5.41. The highest BCUT2D eigenvalue weighted by atomic mass is 16.3. The first-order valence-electron chi connectivity index (χ1n) is 11.5. The molecule has 2 unspecified atom stereocenters. The van der Waals surface area contributed by atoms with Gasteiger partial charge >= 0.3 is 0 Å². The van der Waals surface area contributed by atoms with Crippen LogP contribution < -0.4 is 16.0 Å². The Hall–Kier alpha value is -4.39. The van der Waals surface area contributed by atoms with E-state index in [0.717, 1.165) is 10.8 Å². The summed E-state index contributed by atoms with van der Waals surface area (Å²) in [7, 11) is 0. The van der Waals surface area contributed by atoms with Crippen molar-refractivity contribution in [2.24, 2.45) is 5.92 Å². The van der Waals surface area contributed by atoms with E-state index >= 15 is 0 Å². The second-order valence-corrected chi connectivity index (χ2v) is 8.33. The molecule has 0 radical (unpaired) electrons. The smallest absolute Gasteiger partial charge is 0.291 e. The molecular formula is C28H27N3O4. The maximum Gasteiger partial charge on any atom is 0.291 e. The Labute approximate surface area is 203 Å². The van der Waals surface area contributed by atoms with E-state index in [1.807, 2.05) is 56.3 Å². The number of para-hydroxylation sites is 1. The van der Waals surface area contributed by atoms with Crippen LogP contribution in [0.1, 0.15) is 41.2 Å². The summed E-state index contributed by atoms with van der Waals surface area (Å²) in [4.78, 5) is 39.0. The Bertz CT molecular complexity index is 1340. The minimum absolute atomic E-state index is 0.126. The SMILES string of the molecule is CCC(C)C(NC(=O)c1ccccc1NC(=O)c1ccco1)C(=O)Nc1cccc2ccccc12. The van der Waals surface area contributed by atoms with E-state index in [1.54, 1.807) is 30.3 Å². The van der Waals surface area contributed by atoms with Crippen LogP contribution in [0.5, 0.6) is 0 Å². The highest BCUT2D eigenvalue weighted by Crippen LogP contribution is 2.24. The van der Waals surface area contributed by atoms with Crippen molar-refractivity contribution < 1.29 is 18.8 Å². The molecule has 2 atom stereocenters. The van der Waals surface area contributed by atoms with E-state index < -0.39 is 17.9 Å². The van der Waals surface area contributed by atoms with Gasteiger partial charge in [-0.15, -0.1) is 0 Å². The summed E-state index contributed by atoms with van der Waals surface area (Å²) in [5, 5.41) is 10.5. The molecule has 4 rings (SSSR count). The Morgan fingerprint density at radius 1 is 0.800 bits per heavy atom. The molecule has 0 bridgehead atoms. The van der Waals surface area contributed by atoms with Crippen LogP contribution >= 0.6 is 0 Å². The molecule has 7 nitrogen and oxygen atoms in total. The van der Waals surface area contributed by atoms with Crippen molar-refractivity contribution in [3.8, 4) is 0 Å². The summed E-state index contributed by atoms with van der Waals surface area (Å²) < 4.78 is 5.13. The van der Waals surface area contributed by atoms with Crippen molar-refractivity contribution in [2.75, 3.05) is 10.6 Å². The van der Waals surface area contributed by atoms with Crippen molar-refractivity contribution in [1.82, 2.24) is 5.32 Å². The first kappa shape index (κ1) is 23.8. The molecule has 0 aliphatic rings.